The average molecular weight is 347 g/mol. The molecule has 1 N–H and O–H groups in total. The van der Waals surface area contributed by atoms with Crippen molar-refractivity contribution in [2.75, 3.05) is 26.2 Å². The van der Waals surface area contributed by atoms with Gasteiger partial charge in [0.05, 0.1) is 12.1 Å². The first kappa shape index (κ1) is 16.9. The number of rotatable bonds is 5. The summed E-state index contributed by atoms with van der Waals surface area (Å²) in [6.07, 6.45) is 1.59. The number of nitrogens with one attached hydrogen (secondary N) is 1. The van der Waals surface area contributed by atoms with Crippen molar-refractivity contribution >= 4 is 0 Å². The Bertz CT molecular complexity index is 740. The van der Waals surface area contributed by atoms with E-state index in [4.69, 9.17) is 0 Å². The molecule has 0 aliphatic carbocycles. The van der Waals surface area contributed by atoms with Gasteiger partial charge in [0, 0.05) is 26.2 Å². The van der Waals surface area contributed by atoms with E-state index in [1.54, 1.807) is 6.33 Å². The van der Waals surface area contributed by atoms with Gasteiger partial charge in [0.15, 0.2) is 0 Å². The van der Waals surface area contributed by atoms with Crippen LogP contribution in [0.4, 0.5) is 0 Å². The van der Waals surface area contributed by atoms with Crippen molar-refractivity contribution in [3.05, 3.63) is 83.9 Å². The number of piperazine rings is 1. The van der Waals surface area contributed by atoms with E-state index in [0.29, 0.717) is 6.04 Å². The monoisotopic (exact) mass is 347 g/mol. The molecule has 1 unspecified atom stereocenters. The third-order valence-corrected chi connectivity index (χ3v) is 5.32. The van der Waals surface area contributed by atoms with Crippen molar-refractivity contribution in [2.24, 2.45) is 0 Å². The van der Waals surface area contributed by atoms with Crippen LogP contribution in [0.1, 0.15) is 36.0 Å². The van der Waals surface area contributed by atoms with Crippen molar-refractivity contribution in [1.82, 2.24) is 25.0 Å². The van der Waals surface area contributed by atoms with Gasteiger partial charge in [-0.2, -0.15) is 5.10 Å². The first-order valence-corrected chi connectivity index (χ1v) is 9.26. The van der Waals surface area contributed by atoms with Gasteiger partial charge in [-0.05, 0) is 18.1 Å². The summed E-state index contributed by atoms with van der Waals surface area (Å²) in [7, 11) is 0. The third kappa shape index (κ3) is 3.54. The number of hydrogen-bond acceptors (Lipinski definition) is 4. The molecular weight excluding hydrogens is 322 g/mol. The third-order valence-electron chi connectivity index (χ3n) is 5.32. The summed E-state index contributed by atoms with van der Waals surface area (Å²) in [6, 6.07) is 22.2. The number of aromatic nitrogens is 3. The van der Waals surface area contributed by atoms with Crippen LogP contribution in [0.25, 0.3) is 0 Å². The molecular formula is C21H25N5. The molecule has 1 atom stereocenters. The van der Waals surface area contributed by atoms with E-state index in [-0.39, 0.29) is 6.04 Å². The van der Waals surface area contributed by atoms with Crippen LogP contribution >= 0.6 is 0 Å². The number of H-pyrrole nitrogens is 1. The first-order chi connectivity index (χ1) is 12.8. The Balaban J connectivity index is 1.51. The second kappa shape index (κ2) is 7.81. The van der Waals surface area contributed by atoms with Crippen molar-refractivity contribution < 1.29 is 0 Å². The smallest absolute Gasteiger partial charge is 0.141 e. The van der Waals surface area contributed by atoms with E-state index in [9.17, 15) is 0 Å². The Morgan fingerprint density at radius 1 is 0.808 bits per heavy atom. The van der Waals surface area contributed by atoms with Crippen LogP contribution in [0.5, 0.6) is 0 Å². The molecule has 134 valence electrons. The lowest BCUT2D eigenvalue weighted by Gasteiger charge is -2.41. The zero-order chi connectivity index (χ0) is 17.8. The topological polar surface area (TPSA) is 48.1 Å². The van der Waals surface area contributed by atoms with Crippen molar-refractivity contribution in [1.29, 1.82) is 0 Å². The van der Waals surface area contributed by atoms with Crippen molar-refractivity contribution in [3.63, 3.8) is 0 Å². The summed E-state index contributed by atoms with van der Waals surface area (Å²) >= 11 is 0. The second-order valence-electron chi connectivity index (χ2n) is 6.84. The molecule has 1 fully saturated rings. The lowest BCUT2D eigenvalue weighted by molar-refractivity contribution is 0.0813. The fourth-order valence-corrected chi connectivity index (χ4v) is 3.86. The van der Waals surface area contributed by atoms with Gasteiger partial charge in [-0.25, -0.2) is 4.98 Å². The Kier molecular flexibility index (Phi) is 5.09. The Morgan fingerprint density at radius 3 is 1.85 bits per heavy atom. The highest BCUT2D eigenvalue weighted by atomic mass is 15.3. The molecule has 0 bridgehead atoms. The fourth-order valence-electron chi connectivity index (χ4n) is 3.86. The summed E-state index contributed by atoms with van der Waals surface area (Å²) < 4.78 is 0. The van der Waals surface area contributed by atoms with Crippen molar-refractivity contribution in [3.8, 4) is 0 Å². The molecule has 1 aliphatic rings. The predicted molar refractivity (Wildman–Crippen MR) is 103 cm³/mol. The van der Waals surface area contributed by atoms with Crippen LogP contribution in [-0.4, -0.2) is 51.2 Å². The minimum absolute atomic E-state index is 0.270. The molecule has 0 radical (unpaired) electrons. The van der Waals surface area contributed by atoms with Gasteiger partial charge in [-0.1, -0.05) is 60.7 Å². The molecule has 3 aromatic rings. The Hall–Kier alpha value is -2.50. The fraction of sp³-hybridized carbons (Fsp3) is 0.333. The normalized spacial score (nSPS) is 17.5. The molecule has 1 aliphatic heterocycles. The van der Waals surface area contributed by atoms with Crippen LogP contribution < -0.4 is 0 Å². The van der Waals surface area contributed by atoms with E-state index in [1.165, 1.54) is 11.1 Å². The second-order valence-corrected chi connectivity index (χ2v) is 6.84. The predicted octanol–water partition coefficient (Wildman–Crippen LogP) is 3.27. The lowest BCUT2D eigenvalue weighted by Crippen LogP contribution is -2.48. The maximum absolute atomic E-state index is 4.32. The van der Waals surface area contributed by atoms with Crippen LogP contribution in [0.2, 0.25) is 0 Å². The molecule has 0 amide bonds. The van der Waals surface area contributed by atoms with Gasteiger partial charge >= 0.3 is 0 Å². The van der Waals surface area contributed by atoms with E-state index < -0.39 is 0 Å². The number of aromatic amines is 1. The van der Waals surface area contributed by atoms with Gasteiger partial charge in [-0.15, -0.1) is 0 Å². The van der Waals surface area contributed by atoms with E-state index in [0.717, 1.165) is 32.0 Å². The SMILES string of the molecule is CC(c1ncn[nH]1)N1CCN(C(c2ccccc2)c2ccccc2)CC1. The summed E-state index contributed by atoms with van der Waals surface area (Å²) in [5, 5.41) is 6.99. The maximum Gasteiger partial charge on any atom is 0.141 e. The van der Waals surface area contributed by atoms with Gasteiger partial charge in [0.1, 0.15) is 12.2 Å². The van der Waals surface area contributed by atoms with E-state index >= 15 is 0 Å². The first-order valence-electron chi connectivity index (χ1n) is 9.26. The van der Waals surface area contributed by atoms with Crippen LogP contribution in [0.15, 0.2) is 67.0 Å². The molecule has 1 aromatic heterocycles. The Morgan fingerprint density at radius 2 is 1.35 bits per heavy atom. The zero-order valence-corrected chi connectivity index (χ0v) is 15.1. The van der Waals surface area contributed by atoms with Crippen LogP contribution in [0.3, 0.4) is 0 Å². The minimum atomic E-state index is 0.270. The highest BCUT2D eigenvalue weighted by Crippen LogP contribution is 2.30. The average Bonchev–Trinajstić information content (AvgIpc) is 3.25. The Labute approximate surface area is 154 Å². The lowest BCUT2D eigenvalue weighted by atomic mass is 9.96. The summed E-state index contributed by atoms with van der Waals surface area (Å²) in [4.78, 5) is 9.39. The maximum atomic E-state index is 4.32. The van der Waals surface area contributed by atoms with Crippen molar-refractivity contribution in [2.45, 2.75) is 19.0 Å². The largest absolute Gasteiger partial charge is 0.291 e. The van der Waals surface area contributed by atoms with Gasteiger partial charge in [0.2, 0.25) is 0 Å². The molecule has 0 spiro atoms. The molecule has 2 aromatic carbocycles. The molecule has 5 nitrogen and oxygen atoms in total. The summed E-state index contributed by atoms with van der Waals surface area (Å²) in [5.41, 5.74) is 2.71. The minimum Gasteiger partial charge on any atom is -0.291 e. The molecule has 2 heterocycles. The number of hydrogen-bond donors (Lipinski definition) is 1. The molecule has 26 heavy (non-hydrogen) atoms. The van der Waals surface area contributed by atoms with Gasteiger partial charge in [-0.3, -0.25) is 14.9 Å². The molecule has 0 saturated carbocycles. The van der Waals surface area contributed by atoms with E-state index in [1.807, 2.05) is 0 Å². The molecule has 5 heteroatoms. The standard InChI is InChI=1S/C21H25N5/c1-17(21-22-16-23-24-21)25-12-14-26(15-13-25)20(18-8-4-2-5-9-18)19-10-6-3-7-11-19/h2-11,16-17,20H,12-15H2,1H3,(H,22,23,24). The zero-order valence-electron chi connectivity index (χ0n) is 15.1. The quantitative estimate of drug-likeness (QED) is 0.769. The summed E-state index contributed by atoms with van der Waals surface area (Å²) in [5.74, 6) is 0.945. The summed E-state index contributed by atoms with van der Waals surface area (Å²) in [6.45, 7) is 6.32. The number of nitrogens with zero attached hydrogens (tertiary/aromatic N) is 4. The van der Waals surface area contributed by atoms with Gasteiger partial charge < -0.3 is 0 Å². The highest BCUT2D eigenvalue weighted by molar-refractivity contribution is 5.32. The van der Waals surface area contributed by atoms with Crippen LogP contribution in [0, 0.1) is 0 Å². The number of benzene rings is 2. The van der Waals surface area contributed by atoms with Gasteiger partial charge in [0.25, 0.3) is 0 Å². The molecule has 1 saturated heterocycles. The molecule has 4 rings (SSSR count). The highest BCUT2D eigenvalue weighted by Gasteiger charge is 2.29. The van der Waals surface area contributed by atoms with Crippen LogP contribution in [-0.2, 0) is 0 Å². The van der Waals surface area contributed by atoms with E-state index in [2.05, 4.69) is 92.6 Å².